The lowest BCUT2D eigenvalue weighted by atomic mass is 10.0. The summed E-state index contributed by atoms with van der Waals surface area (Å²) in [6, 6.07) is -0.0899. The van der Waals surface area contributed by atoms with Crippen LogP contribution in [0.25, 0.3) is 0 Å². The molecule has 6 nitrogen and oxygen atoms in total. The Morgan fingerprint density at radius 1 is 1.27 bits per heavy atom. The number of amides is 2. The SMILES string of the molecule is CCCC(C)C(=O)N1CCCC(N(CC(=O)O)C(C)=O)CC1. The molecule has 0 aliphatic carbocycles. The summed E-state index contributed by atoms with van der Waals surface area (Å²) in [5, 5.41) is 8.95. The molecular weight excluding hydrogens is 284 g/mol. The van der Waals surface area contributed by atoms with Crippen LogP contribution in [0, 0.1) is 5.92 Å². The average molecular weight is 312 g/mol. The van der Waals surface area contributed by atoms with Gasteiger partial charge in [-0.2, -0.15) is 0 Å². The molecule has 0 aromatic carbocycles. The van der Waals surface area contributed by atoms with Gasteiger partial charge in [0.15, 0.2) is 0 Å². The molecule has 0 bridgehead atoms. The van der Waals surface area contributed by atoms with Crippen LogP contribution in [0.4, 0.5) is 0 Å². The van der Waals surface area contributed by atoms with Crippen LogP contribution in [-0.2, 0) is 14.4 Å². The van der Waals surface area contributed by atoms with Crippen molar-refractivity contribution in [2.24, 2.45) is 5.92 Å². The van der Waals surface area contributed by atoms with E-state index in [-0.39, 0.29) is 30.3 Å². The van der Waals surface area contributed by atoms with E-state index >= 15 is 0 Å². The molecule has 2 atom stereocenters. The molecule has 22 heavy (non-hydrogen) atoms. The van der Waals surface area contributed by atoms with Crippen LogP contribution in [0.2, 0.25) is 0 Å². The Bertz CT molecular complexity index is 411. The van der Waals surface area contributed by atoms with E-state index in [0.717, 1.165) is 25.7 Å². The normalized spacial score (nSPS) is 20.1. The number of likely N-dealkylation sites (tertiary alicyclic amines) is 1. The van der Waals surface area contributed by atoms with Crippen molar-refractivity contribution in [3.63, 3.8) is 0 Å². The zero-order valence-corrected chi connectivity index (χ0v) is 13.9. The Kier molecular flexibility index (Phi) is 7.35. The van der Waals surface area contributed by atoms with Crippen molar-refractivity contribution < 1.29 is 19.5 Å². The molecular formula is C16H28N2O4. The molecule has 126 valence electrons. The fourth-order valence-corrected chi connectivity index (χ4v) is 3.12. The van der Waals surface area contributed by atoms with E-state index in [1.807, 2.05) is 11.8 Å². The van der Waals surface area contributed by atoms with E-state index in [2.05, 4.69) is 6.92 Å². The maximum atomic E-state index is 12.4. The zero-order valence-electron chi connectivity index (χ0n) is 13.9. The third kappa shape index (κ3) is 5.31. The molecule has 1 heterocycles. The summed E-state index contributed by atoms with van der Waals surface area (Å²) in [6.45, 7) is 6.46. The summed E-state index contributed by atoms with van der Waals surface area (Å²) >= 11 is 0. The molecule has 1 aliphatic rings. The Morgan fingerprint density at radius 3 is 2.50 bits per heavy atom. The number of carbonyl (C=O) groups is 3. The minimum Gasteiger partial charge on any atom is -0.480 e. The molecule has 2 amide bonds. The van der Waals surface area contributed by atoms with Gasteiger partial charge in [-0.05, 0) is 25.7 Å². The van der Waals surface area contributed by atoms with Gasteiger partial charge in [0.05, 0.1) is 0 Å². The van der Waals surface area contributed by atoms with Gasteiger partial charge >= 0.3 is 5.97 Å². The first kappa shape index (κ1) is 18.5. The Hall–Kier alpha value is -1.59. The monoisotopic (exact) mass is 312 g/mol. The Balaban J connectivity index is 2.66. The van der Waals surface area contributed by atoms with Crippen LogP contribution in [-0.4, -0.2) is 58.4 Å². The summed E-state index contributed by atoms with van der Waals surface area (Å²) in [6.07, 6.45) is 4.08. The van der Waals surface area contributed by atoms with E-state index in [1.165, 1.54) is 11.8 Å². The van der Waals surface area contributed by atoms with E-state index in [1.54, 1.807) is 0 Å². The third-order valence-corrected chi connectivity index (χ3v) is 4.30. The highest BCUT2D eigenvalue weighted by molar-refractivity contribution is 5.80. The molecule has 1 N–H and O–H groups in total. The second-order valence-corrected chi connectivity index (χ2v) is 6.14. The molecule has 0 aromatic rings. The number of nitrogens with zero attached hydrogens (tertiary/aromatic N) is 2. The lowest BCUT2D eigenvalue weighted by molar-refractivity contribution is -0.145. The van der Waals surface area contributed by atoms with Crippen molar-refractivity contribution in [1.29, 1.82) is 0 Å². The summed E-state index contributed by atoms with van der Waals surface area (Å²) in [4.78, 5) is 38.3. The number of rotatable bonds is 6. The van der Waals surface area contributed by atoms with Gasteiger partial charge in [0.2, 0.25) is 11.8 Å². The smallest absolute Gasteiger partial charge is 0.323 e. The predicted octanol–water partition coefficient (Wildman–Crippen LogP) is 1.74. The number of carbonyl (C=O) groups excluding carboxylic acids is 2. The number of aliphatic carboxylic acids is 1. The van der Waals surface area contributed by atoms with Gasteiger partial charge in [0, 0.05) is 32.0 Å². The minimum atomic E-state index is -0.996. The van der Waals surface area contributed by atoms with Gasteiger partial charge in [-0.1, -0.05) is 20.3 Å². The van der Waals surface area contributed by atoms with Gasteiger partial charge in [0.25, 0.3) is 0 Å². The van der Waals surface area contributed by atoms with Gasteiger partial charge < -0.3 is 14.9 Å². The van der Waals surface area contributed by atoms with Crippen molar-refractivity contribution in [2.75, 3.05) is 19.6 Å². The summed E-state index contributed by atoms with van der Waals surface area (Å²) in [5.41, 5.74) is 0. The highest BCUT2D eigenvalue weighted by atomic mass is 16.4. The lowest BCUT2D eigenvalue weighted by Gasteiger charge is -2.29. The van der Waals surface area contributed by atoms with Gasteiger partial charge in [0.1, 0.15) is 6.54 Å². The Morgan fingerprint density at radius 2 is 1.95 bits per heavy atom. The number of carboxylic acid groups (broad SMARTS) is 1. The van der Waals surface area contributed by atoms with Crippen LogP contribution < -0.4 is 0 Å². The first-order valence-corrected chi connectivity index (χ1v) is 8.14. The molecule has 0 spiro atoms. The minimum absolute atomic E-state index is 0.0319. The molecule has 0 aromatic heterocycles. The highest BCUT2D eigenvalue weighted by Crippen LogP contribution is 2.19. The van der Waals surface area contributed by atoms with Crippen LogP contribution in [0.15, 0.2) is 0 Å². The summed E-state index contributed by atoms with van der Waals surface area (Å²) in [5.74, 6) is -1.00. The number of hydrogen-bond donors (Lipinski definition) is 1. The first-order chi connectivity index (χ1) is 10.4. The van der Waals surface area contributed by atoms with Gasteiger partial charge in [-0.3, -0.25) is 14.4 Å². The number of hydrogen-bond acceptors (Lipinski definition) is 3. The molecule has 1 aliphatic heterocycles. The molecule has 1 fully saturated rings. The lowest BCUT2D eigenvalue weighted by Crippen LogP contribution is -2.43. The molecule has 0 radical (unpaired) electrons. The standard InChI is InChI=1S/C16H28N2O4/c1-4-6-12(2)16(22)17-9-5-7-14(8-10-17)18(13(3)19)11-15(20)21/h12,14H,4-11H2,1-3H3,(H,20,21). The number of carboxylic acids is 1. The quantitative estimate of drug-likeness (QED) is 0.810. The second-order valence-electron chi connectivity index (χ2n) is 6.14. The molecule has 0 saturated carbocycles. The van der Waals surface area contributed by atoms with Crippen LogP contribution >= 0.6 is 0 Å². The molecule has 1 rings (SSSR count). The topological polar surface area (TPSA) is 77.9 Å². The van der Waals surface area contributed by atoms with Crippen molar-refractivity contribution in [3.8, 4) is 0 Å². The van der Waals surface area contributed by atoms with Crippen LogP contribution in [0.3, 0.4) is 0 Å². The molecule has 1 saturated heterocycles. The predicted molar refractivity (Wildman–Crippen MR) is 83.3 cm³/mol. The first-order valence-electron chi connectivity index (χ1n) is 8.14. The maximum Gasteiger partial charge on any atom is 0.323 e. The van der Waals surface area contributed by atoms with Gasteiger partial charge in [-0.25, -0.2) is 0 Å². The van der Waals surface area contributed by atoms with Crippen molar-refractivity contribution in [3.05, 3.63) is 0 Å². The van der Waals surface area contributed by atoms with Gasteiger partial charge in [-0.15, -0.1) is 0 Å². The molecule has 2 unspecified atom stereocenters. The average Bonchev–Trinajstić information content (AvgIpc) is 2.69. The van der Waals surface area contributed by atoms with Crippen molar-refractivity contribution >= 4 is 17.8 Å². The highest BCUT2D eigenvalue weighted by Gasteiger charge is 2.28. The Labute approximate surface area is 132 Å². The van der Waals surface area contributed by atoms with E-state index in [9.17, 15) is 14.4 Å². The fourth-order valence-electron chi connectivity index (χ4n) is 3.12. The maximum absolute atomic E-state index is 12.4. The molecule has 6 heteroatoms. The van der Waals surface area contributed by atoms with Crippen molar-refractivity contribution in [2.45, 2.75) is 58.9 Å². The second kappa shape index (κ2) is 8.76. The summed E-state index contributed by atoms with van der Waals surface area (Å²) < 4.78 is 0. The third-order valence-electron chi connectivity index (χ3n) is 4.30. The fraction of sp³-hybridized carbons (Fsp3) is 0.812. The van der Waals surface area contributed by atoms with E-state index in [0.29, 0.717) is 19.5 Å². The van der Waals surface area contributed by atoms with Crippen LogP contribution in [0.5, 0.6) is 0 Å². The largest absolute Gasteiger partial charge is 0.480 e. The van der Waals surface area contributed by atoms with Crippen LogP contribution in [0.1, 0.15) is 52.9 Å². The zero-order chi connectivity index (χ0) is 16.7. The van der Waals surface area contributed by atoms with E-state index in [4.69, 9.17) is 5.11 Å². The van der Waals surface area contributed by atoms with Crippen molar-refractivity contribution in [1.82, 2.24) is 9.80 Å². The van der Waals surface area contributed by atoms with E-state index < -0.39 is 5.97 Å². The summed E-state index contributed by atoms with van der Waals surface area (Å²) in [7, 11) is 0.